The number of halogens is 1. The van der Waals surface area contributed by atoms with E-state index in [4.69, 9.17) is 25.8 Å². The minimum absolute atomic E-state index is 0.152. The molecule has 7 heteroatoms. The van der Waals surface area contributed by atoms with E-state index in [-0.39, 0.29) is 13.2 Å². The van der Waals surface area contributed by atoms with Crippen molar-refractivity contribution < 1.29 is 19.3 Å². The molecule has 0 amide bonds. The first-order chi connectivity index (χ1) is 14.4. The molecule has 2 aromatic rings. The van der Waals surface area contributed by atoms with E-state index < -0.39 is 5.60 Å². The Labute approximate surface area is 183 Å². The van der Waals surface area contributed by atoms with Crippen molar-refractivity contribution in [3.05, 3.63) is 59.1 Å². The van der Waals surface area contributed by atoms with E-state index >= 15 is 0 Å². The van der Waals surface area contributed by atoms with Gasteiger partial charge in [-0.05, 0) is 56.1 Å². The van der Waals surface area contributed by atoms with Crippen LogP contribution in [0.2, 0.25) is 5.02 Å². The number of hydrogen-bond donors (Lipinski definition) is 1. The minimum atomic E-state index is -1.09. The largest absolute Gasteiger partial charge is 0.492 e. The maximum Gasteiger partial charge on any atom is 0.134 e. The molecule has 164 valence electrons. The van der Waals surface area contributed by atoms with Crippen LogP contribution >= 0.6 is 11.6 Å². The Morgan fingerprint density at radius 3 is 2.70 bits per heavy atom. The van der Waals surface area contributed by atoms with Crippen LogP contribution in [0.4, 0.5) is 0 Å². The lowest BCUT2D eigenvalue weighted by atomic mass is 10.1. The van der Waals surface area contributed by atoms with Crippen LogP contribution in [-0.4, -0.2) is 80.7 Å². The third-order valence-electron chi connectivity index (χ3n) is 4.87. The van der Waals surface area contributed by atoms with Crippen LogP contribution in [0.15, 0.2) is 48.5 Å². The zero-order valence-electron chi connectivity index (χ0n) is 17.7. The Morgan fingerprint density at radius 2 is 1.93 bits per heavy atom. The van der Waals surface area contributed by atoms with Crippen molar-refractivity contribution in [2.45, 2.75) is 12.1 Å². The molecule has 30 heavy (non-hydrogen) atoms. The molecular formula is C23H31ClN2O4. The Hall–Kier alpha value is -1.83. The number of rotatable bonds is 9. The van der Waals surface area contributed by atoms with Gasteiger partial charge in [-0.2, -0.15) is 0 Å². The summed E-state index contributed by atoms with van der Waals surface area (Å²) in [5.74, 6) is 1.54. The van der Waals surface area contributed by atoms with Crippen molar-refractivity contribution in [1.29, 1.82) is 0 Å². The van der Waals surface area contributed by atoms with Gasteiger partial charge in [0.25, 0.3) is 0 Å². The molecule has 0 radical (unpaired) electrons. The molecule has 1 aliphatic rings. The predicted octanol–water partition coefficient (Wildman–Crippen LogP) is 2.92. The highest BCUT2D eigenvalue weighted by Gasteiger charge is 2.33. The van der Waals surface area contributed by atoms with Crippen molar-refractivity contribution in [3.63, 3.8) is 0 Å². The van der Waals surface area contributed by atoms with Crippen LogP contribution in [0.25, 0.3) is 0 Å². The molecule has 1 unspecified atom stereocenters. The Bertz CT molecular complexity index is 787. The molecule has 0 saturated carbocycles. The van der Waals surface area contributed by atoms with Gasteiger partial charge in [-0.25, -0.2) is 0 Å². The topological polar surface area (TPSA) is 54.4 Å². The molecule has 1 N–H and O–H groups in total. The summed E-state index contributed by atoms with van der Waals surface area (Å²) in [6, 6.07) is 15.2. The van der Waals surface area contributed by atoms with Gasteiger partial charge in [-0.1, -0.05) is 23.7 Å². The quantitative estimate of drug-likeness (QED) is 0.655. The maximum absolute atomic E-state index is 11.1. The molecule has 0 aromatic heterocycles. The van der Waals surface area contributed by atoms with E-state index in [1.807, 2.05) is 26.2 Å². The number of aliphatic hydroxyl groups is 1. The number of hydrogen-bond acceptors (Lipinski definition) is 6. The molecule has 1 saturated heterocycles. The molecule has 1 fully saturated rings. The van der Waals surface area contributed by atoms with Gasteiger partial charge in [-0.15, -0.1) is 0 Å². The highest BCUT2D eigenvalue weighted by molar-refractivity contribution is 6.30. The van der Waals surface area contributed by atoms with Gasteiger partial charge in [0, 0.05) is 31.2 Å². The van der Waals surface area contributed by atoms with Crippen molar-refractivity contribution in [2.75, 3.05) is 60.2 Å². The molecule has 3 rings (SSSR count). The number of nitrogens with zero attached hydrogens (tertiary/aromatic N) is 2. The zero-order valence-corrected chi connectivity index (χ0v) is 18.5. The molecule has 1 atom stereocenters. The van der Waals surface area contributed by atoms with E-state index in [9.17, 15) is 5.11 Å². The van der Waals surface area contributed by atoms with Crippen LogP contribution in [-0.2, 0) is 11.3 Å². The molecule has 2 aromatic carbocycles. The lowest BCUT2D eigenvalue weighted by Gasteiger charge is -2.30. The van der Waals surface area contributed by atoms with Crippen LogP contribution in [0, 0.1) is 0 Å². The van der Waals surface area contributed by atoms with Crippen molar-refractivity contribution in [1.82, 2.24) is 9.80 Å². The fourth-order valence-electron chi connectivity index (χ4n) is 3.31. The van der Waals surface area contributed by atoms with Crippen molar-refractivity contribution >= 4 is 11.6 Å². The predicted molar refractivity (Wildman–Crippen MR) is 118 cm³/mol. The second kappa shape index (κ2) is 11.0. The van der Waals surface area contributed by atoms with Crippen molar-refractivity contribution in [2.24, 2.45) is 0 Å². The summed E-state index contributed by atoms with van der Waals surface area (Å²) in [4.78, 5) is 4.28. The Kier molecular flexibility index (Phi) is 8.36. The number of likely N-dealkylation sites (N-methyl/N-ethyl adjacent to an activating group) is 1. The smallest absolute Gasteiger partial charge is 0.134 e. The summed E-state index contributed by atoms with van der Waals surface area (Å²) < 4.78 is 17.3. The van der Waals surface area contributed by atoms with Crippen LogP contribution in [0.3, 0.4) is 0 Å². The summed E-state index contributed by atoms with van der Waals surface area (Å²) in [6.45, 7) is 4.40. The lowest BCUT2D eigenvalue weighted by molar-refractivity contribution is -0.0646. The van der Waals surface area contributed by atoms with Crippen molar-refractivity contribution in [3.8, 4) is 11.5 Å². The zero-order chi connectivity index (χ0) is 21.4. The number of benzene rings is 2. The van der Waals surface area contributed by atoms with Gasteiger partial charge in [0.1, 0.15) is 30.3 Å². The third-order valence-corrected chi connectivity index (χ3v) is 5.13. The second-order valence-electron chi connectivity index (χ2n) is 8.03. The highest BCUT2D eigenvalue weighted by atomic mass is 35.5. The van der Waals surface area contributed by atoms with E-state index in [2.05, 4.69) is 21.9 Å². The summed E-state index contributed by atoms with van der Waals surface area (Å²) in [5, 5.41) is 11.7. The van der Waals surface area contributed by atoms with E-state index in [0.29, 0.717) is 37.1 Å². The highest BCUT2D eigenvalue weighted by Crippen LogP contribution is 2.21. The first-order valence-corrected chi connectivity index (χ1v) is 10.6. The molecule has 0 spiro atoms. The lowest BCUT2D eigenvalue weighted by Crippen LogP contribution is -2.48. The van der Waals surface area contributed by atoms with E-state index in [0.717, 1.165) is 24.4 Å². The van der Waals surface area contributed by atoms with Gasteiger partial charge >= 0.3 is 0 Å². The maximum atomic E-state index is 11.1. The van der Waals surface area contributed by atoms with Crippen LogP contribution in [0.5, 0.6) is 11.5 Å². The summed E-state index contributed by atoms with van der Waals surface area (Å²) in [7, 11) is 4.05. The average molecular weight is 435 g/mol. The third kappa shape index (κ3) is 7.45. The van der Waals surface area contributed by atoms with Gasteiger partial charge in [0.2, 0.25) is 0 Å². The Balaban J connectivity index is 1.57. The molecule has 1 aliphatic heterocycles. The first-order valence-electron chi connectivity index (χ1n) is 10.2. The second-order valence-corrected chi connectivity index (χ2v) is 8.47. The Morgan fingerprint density at radius 1 is 1.13 bits per heavy atom. The number of ether oxygens (including phenoxy) is 3. The van der Waals surface area contributed by atoms with Gasteiger partial charge in [0.05, 0.1) is 13.2 Å². The summed E-state index contributed by atoms with van der Waals surface area (Å²) >= 11 is 5.92. The molecule has 0 aliphatic carbocycles. The average Bonchev–Trinajstić information content (AvgIpc) is 2.89. The van der Waals surface area contributed by atoms with E-state index in [1.165, 1.54) is 0 Å². The molecular weight excluding hydrogens is 404 g/mol. The standard InChI is InChI=1S/C23H31ClN2O4/c1-25(2)10-13-29-22-5-3-4-19(14-22)15-26-11-12-28-17-23(27,16-26)18-30-21-8-6-20(24)7-9-21/h3-9,14,27H,10-13,15-18H2,1-2H3. The minimum Gasteiger partial charge on any atom is -0.492 e. The molecule has 0 bridgehead atoms. The monoisotopic (exact) mass is 434 g/mol. The molecule has 6 nitrogen and oxygen atoms in total. The summed E-state index contributed by atoms with van der Waals surface area (Å²) in [6.07, 6.45) is 0. The molecule has 1 heterocycles. The van der Waals surface area contributed by atoms with Gasteiger partial charge < -0.3 is 24.2 Å². The fourth-order valence-corrected chi connectivity index (χ4v) is 3.43. The number of β-amino-alcohol motifs (C(OH)–C–C–N with tert-alkyl or cyclic N) is 1. The van der Waals surface area contributed by atoms with Gasteiger partial charge in [-0.3, -0.25) is 4.90 Å². The van der Waals surface area contributed by atoms with Gasteiger partial charge in [0.15, 0.2) is 0 Å². The summed E-state index contributed by atoms with van der Waals surface area (Å²) in [5.41, 5.74) is 0.0518. The van der Waals surface area contributed by atoms with E-state index in [1.54, 1.807) is 24.3 Å². The SMILES string of the molecule is CN(C)CCOc1cccc(CN2CCOCC(O)(COc3ccc(Cl)cc3)C2)c1. The van der Waals surface area contributed by atoms with Crippen LogP contribution in [0.1, 0.15) is 5.56 Å². The van der Waals surface area contributed by atoms with Crippen LogP contribution < -0.4 is 9.47 Å². The normalized spacial score (nSPS) is 20.2. The first kappa shape index (κ1) is 22.8. The fraction of sp³-hybridized carbons (Fsp3) is 0.478.